The monoisotopic (exact) mass is 444 g/mol. The zero-order valence-electron chi connectivity index (χ0n) is 20.9. The Morgan fingerprint density at radius 3 is 1.38 bits per heavy atom. The van der Waals surface area contributed by atoms with E-state index in [-0.39, 0.29) is 40.1 Å². The van der Waals surface area contributed by atoms with Crippen LogP contribution in [0, 0.1) is 16.2 Å². The Hall–Kier alpha value is -0.346. The first kappa shape index (κ1) is 28.7. The zero-order chi connectivity index (χ0) is 22.9. The van der Waals surface area contributed by atoms with E-state index in [1.54, 1.807) is 0 Å². The molecule has 29 heavy (non-hydrogen) atoms. The predicted molar refractivity (Wildman–Crippen MR) is 121 cm³/mol. The fourth-order valence-corrected chi connectivity index (χ4v) is 5.06. The van der Waals surface area contributed by atoms with Crippen LogP contribution < -0.4 is 10.6 Å². The Bertz CT molecular complexity index is 462. The standard InChI is InChI=1S/C22H42N2O2.2CH3.Ti/c1-9-11-18(25)23-16-13-17(24-19(26)12-10-2)15-22(14-16,20(3,4)5)21(6,7)8;;;/h16-17H,9-15H2,1-8H3,(H,23,25)(H,24,26);2*1H3;. The normalized spacial score (nSPS) is 21.4. The Morgan fingerprint density at radius 2 is 1.14 bits per heavy atom. The van der Waals surface area contributed by atoms with Gasteiger partial charge in [-0.3, -0.25) is 9.59 Å². The van der Waals surface area contributed by atoms with Crippen molar-refractivity contribution in [3.05, 3.63) is 0 Å². The molecule has 4 nitrogen and oxygen atoms in total. The number of hydrogen-bond acceptors (Lipinski definition) is 2. The Labute approximate surface area is 190 Å². The van der Waals surface area contributed by atoms with Crippen LogP contribution in [0.15, 0.2) is 0 Å². The SMILES string of the molecule is CCCC(=O)NC1CC(NC(=O)CCC)CC(C(C)(C)C)(C(C)(C)C)C1.[CH3][Ti][CH3]. The third-order valence-electron chi connectivity index (χ3n) is 6.31. The Morgan fingerprint density at radius 1 is 0.828 bits per heavy atom. The van der Waals surface area contributed by atoms with Crippen molar-refractivity contribution in [2.75, 3.05) is 0 Å². The van der Waals surface area contributed by atoms with Gasteiger partial charge in [-0.25, -0.2) is 0 Å². The van der Waals surface area contributed by atoms with Crippen molar-refractivity contribution in [2.45, 2.75) is 123 Å². The van der Waals surface area contributed by atoms with Crippen LogP contribution in [0.5, 0.6) is 0 Å². The van der Waals surface area contributed by atoms with E-state index in [4.69, 9.17) is 0 Å². The van der Waals surface area contributed by atoms with Crippen LogP contribution in [0.4, 0.5) is 0 Å². The second-order valence-electron chi connectivity index (χ2n) is 10.8. The molecule has 2 unspecified atom stereocenters. The topological polar surface area (TPSA) is 58.2 Å². The van der Waals surface area contributed by atoms with Crippen molar-refractivity contribution in [2.24, 2.45) is 16.2 Å². The molecular formula is C24H48N2O2Ti. The summed E-state index contributed by atoms with van der Waals surface area (Å²) in [5, 5.41) is 11.0. The summed E-state index contributed by atoms with van der Waals surface area (Å²) in [6.45, 7) is 17.9. The van der Waals surface area contributed by atoms with Gasteiger partial charge in [-0.1, -0.05) is 55.4 Å². The molecule has 0 radical (unpaired) electrons. The molecule has 2 amide bonds. The molecule has 1 saturated carbocycles. The molecule has 0 aromatic carbocycles. The van der Waals surface area contributed by atoms with E-state index >= 15 is 0 Å². The van der Waals surface area contributed by atoms with Crippen LogP contribution in [-0.4, -0.2) is 23.9 Å². The van der Waals surface area contributed by atoms with Crippen molar-refractivity contribution in [3.8, 4) is 0 Å². The molecule has 1 fully saturated rings. The number of carbonyl (C=O) groups is 2. The van der Waals surface area contributed by atoms with Crippen LogP contribution in [0.2, 0.25) is 10.5 Å². The summed E-state index contributed by atoms with van der Waals surface area (Å²) in [4.78, 5) is 24.5. The van der Waals surface area contributed by atoms with Crippen LogP contribution in [0.25, 0.3) is 0 Å². The third kappa shape index (κ3) is 8.73. The van der Waals surface area contributed by atoms with Gasteiger partial charge in [0.25, 0.3) is 0 Å². The van der Waals surface area contributed by atoms with Gasteiger partial charge in [0.15, 0.2) is 0 Å². The van der Waals surface area contributed by atoms with Crippen molar-refractivity contribution < 1.29 is 28.7 Å². The van der Waals surface area contributed by atoms with Gasteiger partial charge in [0.2, 0.25) is 11.8 Å². The van der Waals surface area contributed by atoms with E-state index in [0.29, 0.717) is 32.0 Å². The summed E-state index contributed by atoms with van der Waals surface area (Å²) >= 11 is 0.500. The first-order valence-corrected chi connectivity index (χ1v) is 14.6. The van der Waals surface area contributed by atoms with Crippen LogP contribution in [0.3, 0.4) is 0 Å². The third-order valence-corrected chi connectivity index (χ3v) is 6.31. The van der Waals surface area contributed by atoms with Crippen LogP contribution >= 0.6 is 0 Å². The second-order valence-corrected chi connectivity index (χ2v) is 12.3. The molecule has 0 aromatic heterocycles. The minimum absolute atomic E-state index is 0.0343. The summed E-state index contributed by atoms with van der Waals surface area (Å²) in [5.41, 5.74) is 0.187. The second kappa shape index (κ2) is 12.5. The van der Waals surface area contributed by atoms with E-state index < -0.39 is 0 Å². The number of hydrogen-bond donors (Lipinski definition) is 2. The first-order valence-electron chi connectivity index (χ1n) is 11.4. The molecule has 0 saturated heterocycles. The molecule has 0 aliphatic heterocycles. The van der Waals surface area contributed by atoms with E-state index in [1.807, 2.05) is 13.8 Å². The summed E-state index contributed by atoms with van der Waals surface area (Å²) in [6.07, 6.45) is 5.63. The molecule has 170 valence electrons. The predicted octanol–water partition coefficient (Wildman–Crippen LogP) is 5.98. The van der Waals surface area contributed by atoms with E-state index in [1.165, 1.54) is 0 Å². The molecular weight excluding hydrogens is 396 g/mol. The average molecular weight is 445 g/mol. The summed E-state index contributed by atoms with van der Waals surface area (Å²) in [5.74, 6) is 0.268. The first-order chi connectivity index (χ1) is 13.3. The number of carbonyl (C=O) groups excluding carboxylic acids is 2. The van der Waals surface area contributed by atoms with Gasteiger partial charge in [0, 0.05) is 24.9 Å². The van der Waals surface area contributed by atoms with Gasteiger partial charge in [-0.05, 0) is 48.3 Å². The van der Waals surface area contributed by atoms with Crippen molar-refractivity contribution in [1.29, 1.82) is 0 Å². The maximum atomic E-state index is 12.3. The molecule has 1 aliphatic carbocycles. The van der Waals surface area contributed by atoms with Crippen molar-refractivity contribution in [1.82, 2.24) is 10.6 Å². The summed E-state index contributed by atoms with van der Waals surface area (Å²) in [7, 11) is 0. The molecule has 1 aliphatic rings. The quantitative estimate of drug-likeness (QED) is 0.495. The molecule has 1 rings (SSSR count). The van der Waals surface area contributed by atoms with Crippen LogP contribution in [0.1, 0.15) is 100 Å². The van der Waals surface area contributed by atoms with E-state index in [9.17, 15) is 9.59 Å². The van der Waals surface area contributed by atoms with Gasteiger partial charge in [-0.15, -0.1) is 0 Å². The van der Waals surface area contributed by atoms with Crippen molar-refractivity contribution >= 4 is 11.8 Å². The minimum atomic E-state index is 0.0343. The number of rotatable bonds is 6. The van der Waals surface area contributed by atoms with Gasteiger partial charge >= 0.3 is 29.6 Å². The van der Waals surface area contributed by atoms with Crippen LogP contribution in [-0.2, 0) is 28.7 Å². The fourth-order valence-electron chi connectivity index (χ4n) is 5.06. The maximum absolute atomic E-state index is 12.3. The van der Waals surface area contributed by atoms with Gasteiger partial charge in [0.05, 0.1) is 0 Å². The summed E-state index contributed by atoms with van der Waals surface area (Å²) < 4.78 is 0. The van der Waals surface area contributed by atoms with Gasteiger partial charge < -0.3 is 10.6 Å². The fraction of sp³-hybridized carbons (Fsp3) is 0.917. The molecule has 2 atom stereocenters. The van der Waals surface area contributed by atoms with E-state index in [2.05, 4.69) is 62.6 Å². The number of nitrogens with one attached hydrogen (secondary N) is 2. The van der Waals surface area contributed by atoms with Gasteiger partial charge in [0.1, 0.15) is 0 Å². The molecule has 5 heteroatoms. The average Bonchev–Trinajstić information content (AvgIpc) is 2.53. The number of amides is 2. The molecule has 0 heterocycles. The molecule has 0 aromatic rings. The summed E-state index contributed by atoms with van der Waals surface area (Å²) in [6, 6.07) is 0.237. The molecule has 2 N–H and O–H groups in total. The Balaban J connectivity index is 0.00000245. The Kier molecular flexibility index (Phi) is 12.3. The zero-order valence-corrected chi connectivity index (χ0v) is 22.5. The van der Waals surface area contributed by atoms with Gasteiger partial charge in [-0.2, -0.15) is 0 Å². The molecule has 0 bridgehead atoms. The van der Waals surface area contributed by atoms with Crippen molar-refractivity contribution in [3.63, 3.8) is 0 Å². The molecule has 0 spiro atoms. The van der Waals surface area contributed by atoms with E-state index in [0.717, 1.165) is 32.1 Å².